The molecule has 0 N–H and O–H groups in total. The minimum atomic E-state index is 0.449. The molecule has 1 aromatic heterocycles. The predicted molar refractivity (Wildman–Crippen MR) is 66.0 cm³/mol. The van der Waals surface area contributed by atoms with Gasteiger partial charge in [-0.3, -0.25) is 0 Å². The molecule has 1 aromatic rings. The maximum atomic E-state index is 5.73. The van der Waals surface area contributed by atoms with Crippen LogP contribution in [0.25, 0.3) is 0 Å². The van der Waals surface area contributed by atoms with Gasteiger partial charge in [0.25, 0.3) is 0 Å². The largest absolute Gasteiger partial charge is 0.354 e. The minimum Gasteiger partial charge on any atom is -0.354 e. The zero-order valence-electron chi connectivity index (χ0n) is 9.73. The molecule has 88 valence electrons. The van der Waals surface area contributed by atoms with Crippen molar-refractivity contribution >= 4 is 17.4 Å². The Bertz CT molecular complexity index is 338. The van der Waals surface area contributed by atoms with Crippen LogP contribution in [0.15, 0.2) is 12.1 Å². The van der Waals surface area contributed by atoms with Crippen molar-refractivity contribution in [3.63, 3.8) is 0 Å². The molecule has 1 atom stereocenters. The fraction of sp³-hybridized carbons (Fsp3) is 0.636. The van der Waals surface area contributed by atoms with Gasteiger partial charge in [0.05, 0.1) is 0 Å². The highest BCUT2D eigenvalue weighted by Gasteiger charge is 2.22. The van der Waals surface area contributed by atoms with Crippen molar-refractivity contribution in [2.45, 2.75) is 18.9 Å². The SMILES string of the molecule is CN(C)[C@H]1CCCN(c2ccc(Cl)nn2)C1. The molecule has 0 aromatic carbocycles. The molecule has 1 fully saturated rings. The van der Waals surface area contributed by atoms with E-state index >= 15 is 0 Å². The summed E-state index contributed by atoms with van der Waals surface area (Å²) in [5.41, 5.74) is 0. The van der Waals surface area contributed by atoms with Crippen molar-refractivity contribution in [3.8, 4) is 0 Å². The molecule has 0 radical (unpaired) electrons. The van der Waals surface area contributed by atoms with Gasteiger partial charge in [-0.25, -0.2) is 0 Å². The lowest BCUT2D eigenvalue weighted by Crippen LogP contribution is -2.45. The second-order valence-electron chi connectivity index (χ2n) is 4.42. The summed E-state index contributed by atoms with van der Waals surface area (Å²) in [6, 6.07) is 4.34. The van der Waals surface area contributed by atoms with Crippen LogP contribution in [0.4, 0.5) is 5.82 Å². The Morgan fingerprint density at radius 1 is 1.38 bits per heavy atom. The van der Waals surface area contributed by atoms with Crippen molar-refractivity contribution in [3.05, 3.63) is 17.3 Å². The Kier molecular flexibility index (Phi) is 3.61. The van der Waals surface area contributed by atoms with Gasteiger partial charge in [-0.05, 0) is 39.1 Å². The lowest BCUT2D eigenvalue weighted by molar-refractivity contribution is 0.257. The summed E-state index contributed by atoms with van der Waals surface area (Å²) in [4.78, 5) is 4.55. The molecule has 0 unspecified atom stereocenters. The Labute approximate surface area is 101 Å². The Morgan fingerprint density at radius 2 is 2.19 bits per heavy atom. The van der Waals surface area contributed by atoms with Crippen LogP contribution < -0.4 is 4.90 Å². The van der Waals surface area contributed by atoms with Crippen molar-refractivity contribution in [1.29, 1.82) is 0 Å². The Morgan fingerprint density at radius 3 is 2.81 bits per heavy atom. The van der Waals surface area contributed by atoms with E-state index in [-0.39, 0.29) is 0 Å². The first-order valence-corrected chi connectivity index (χ1v) is 5.95. The molecule has 2 heterocycles. The maximum absolute atomic E-state index is 5.73. The quantitative estimate of drug-likeness (QED) is 0.787. The molecule has 0 amide bonds. The van der Waals surface area contributed by atoms with Crippen LogP contribution in [-0.4, -0.2) is 48.3 Å². The molecule has 1 aliphatic heterocycles. The highest BCUT2D eigenvalue weighted by Crippen LogP contribution is 2.19. The predicted octanol–water partition coefficient (Wildman–Crippen LogP) is 1.66. The molecule has 0 saturated carbocycles. The van der Waals surface area contributed by atoms with Gasteiger partial charge in [-0.1, -0.05) is 11.6 Å². The van der Waals surface area contributed by atoms with E-state index in [1.807, 2.05) is 6.07 Å². The molecule has 0 spiro atoms. The fourth-order valence-corrected chi connectivity index (χ4v) is 2.16. The van der Waals surface area contributed by atoms with Crippen LogP contribution in [0.3, 0.4) is 0 Å². The number of rotatable bonds is 2. The normalized spacial score (nSPS) is 21.5. The van der Waals surface area contributed by atoms with Gasteiger partial charge < -0.3 is 9.80 Å². The van der Waals surface area contributed by atoms with Crippen LogP contribution in [0.1, 0.15) is 12.8 Å². The molecule has 0 aliphatic carbocycles. The first-order chi connectivity index (χ1) is 7.66. The van der Waals surface area contributed by atoms with E-state index in [0.717, 1.165) is 18.9 Å². The van der Waals surface area contributed by atoms with Gasteiger partial charge in [0.15, 0.2) is 11.0 Å². The number of aromatic nitrogens is 2. The van der Waals surface area contributed by atoms with Crippen LogP contribution in [-0.2, 0) is 0 Å². The lowest BCUT2D eigenvalue weighted by Gasteiger charge is -2.36. The molecule has 0 bridgehead atoms. The number of anilines is 1. The number of likely N-dealkylation sites (N-methyl/N-ethyl adjacent to an activating group) is 1. The second kappa shape index (κ2) is 4.97. The summed E-state index contributed by atoms with van der Waals surface area (Å²) in [7, 11) is 4.25. The van der Waals surface area contributed by atoms with Crippen molar-refractivity contribution in [2.24, 2.45) is 0 Å². The monoisotopic (exact) mass is 240 g/mol. The first kappa shape index (κ1) is 11.6. The van der Waals surface area contributed by atoms with Crippen molar-refractivity contribution < 1.29 is 0 Å². The minimum absolute atomic E-state index is 0.449. The first-order valence-electron chi connectivity index (χ1n) is 5.57. The van der Waals surface area contributed by atoms with E-state index in [9.17, 15) is 0 Å². The third-order valence-corrected chi connectivity index (χ3v) is 3.27. The molecule has 1 saturated heterocycles. The molecule has 5 heteroatoms. The van der Waals surface area contributed by atoms with Gasteiger partial charge in [0.2, 0.25) is 0 Å². The summed E-state index contributed by atoms with van der Waals surface area (Å²) in [5.74, 6) is 0.927. The van der Waals surface area contributed by atoms with Crippen molar-refractivity contribution in [1.82, 2.24) is 15.1 Å². The molecule has 2 rings (SSSR count). The molecule has 16 heavy (non-hydrogen) atoms. The summed E-state index contributed by atoms with van der Waals surface area (Å²) in [6.07, 6.45) is 2.46. The van der Waals surface area contributed by atoms with E-state index < -0.39 is 0 Å². The number of nitrogens with zero attached hydrogens (tertiary/aromatic N) is 4. The van der Waals surface area contributed by atoms with E-state index in [1.54, 1.807) is 6.07 Å². The lowest BCUT2D eigenvalue weighted by atomic mass is 10.1. The molecular formula is C11H17ClN4. The number of piperidine rings is 1. The molecule has 1 aliphatic rings. The number of hydrogen-bond acceptors (Lipinski definition) is 4. The Hall–Kier alpha value is -0.870. The zero-order valence-corrected chi connectivity index (χ0v) is 10.5. The smallest absolute Gasteiger partial charge is 0.151 e. The van der Waals surface area contributed by atoms with Crippen LogP contribution in [0, 0.1) is 0 Å². The van der Waals surface area contributed by atoms with Crippen LogP contribution in [0.2, 0.25) is 5.15 Å². The maximum Gasteiger partial charge on any atom is 0.151 e. The summed E-state index contributed by atoms with van der Waals surface area (Å²) >= 11 is 5.73. The third kappa shape index (κ3) is 2.62. The molecule has 4 nitrogen and oxygen atoms in total. The van der Waals surface area contributed by atoms with E-state index in [4.69, 9.17) is 11.6 Å². The number of halogens is 1. The van der Waals surface area contributed by atoms with E-state index in [0.29, 0.717) is 11.2 Å². The summed E-state index contributed by atoms with van der Waals surface area (Å²) in [5, 5.41) is 8.45. The van der Waals surface area contributed by atoms with Crippen LogP contribution >= 0.6 is 11.6 Å². The van der Waals surface area contributed by atoms with E-state index in [2.05, 4.69) is 34.1 Å². The van der Waals surface area contributed by atoms with Gasteiger partial charge in [0, 0.05) is 19.1 Å². The second-order valence-corrected chi connectivity index (χ2v) is 4.81. The van der Waals surface area contributed by atoms with E-state index in [1.165, 1.54) is 12.8 Å². The van der Waals surface area contributed by atoms with Gasteiger partial charge in [-0.15, -0.1) is 10.2 Å². The van der Waals surface area contributed by atoms with Gasteiger partial charge in [0.1, 0.15) is 0 Å². The summed E-state index contributed by atoms with van der Waals surface area (Å²) < 4.78 is 0. The average molecular weight is 241 g/mol. The molecular weight excluding hydrogens is 224 g/mol. The Balaban J connectivity index is 2.06. The topological polar surface area (TPSA) is 32.3 Å². The van der Waals surface area contributed by atoms with Gasteiger partial charge in [-0.2, -0.15) is 0 Å². The fourth-order valence-electron chi connectivity index (χ4n) is 2.06. The number of hydrogen-bond donors (Lipinski definition) is 0. The highest BCUT2D eigenvalue weighted by molar-refractivity contribution is 6.29. The standard InChI is InChI=1S/C11H17ClN4/c1-15(2)9-4-3-7-16(8-9)11-6-5-10(12)13-14-11/h5-6,9H,3-4,7-8H2,1-2H3/t9-/m0/s1. The zero-order chi connectivity index (χ0) is 11.5. The van der Waals surface area contributed by atoms with Crippen LogP contribution in [0.5, 0.6) is 0 Å². The summed E-state index contributed by atoms with van der Waals surface area (Å²) in [6.45, 7) is 2.07. The van der Waals surface area contributed by atoms with Gasteiger partial charge >= 0.3 is 0 Å². The van der Waals surface area contributed by atoms with Crippen molar-refractivity contribution in [2.75, 3.05) is 32.1 Å². The highest BCUT2D eigenvalue weighted by atomic mass is 35.5. The third-order valence-electron chi connectivity index (χ3n) is 3.07. The average Bonchev–Trinajstić information content (AvgIpc) is 2.30.